The summed E-state index contributed by atoms with van der Waals surface area (Å²) >= 11 is 0. The van der Waals surface area contributed by atoms with Gasteiger partial charge in [0.2, 0.25) is 0 Å². The molecule has 2 heteroatoms. The van der Waals surface area contributed by atoms with Gasteiger partial charge in [-0.2, -0.15) is 0 Å². The lowest BCUT2D eigenvalue weighted by Gasteiger charge is -2.05. The minimum absolute atomic E-state index is 0.0609. The van der Waals surface area contributed by atoms with E-state index < -0.39 is 0 Å². The Bertz CT molecular complexity index is 569. The highest BCUT2D eigenvalue weighted by Crippen LogP contribution is 2.49. The molecule has 1 aliphatic carbocycles. The average Bonchev–Trinajstić information content (AvgIpc) is 3.17. The zero-order chi connectivity index (χ0) is 11.8. The van der Waals surface area contributed by atoms with E-state index >= 15 is 0 Å². The van der Waals surface area contributed by atoms with Gasteiger partial charge in [0.25, 0.3) is 0 Å². The van der Waals surface area contributed by atoms with Gasteiger partial charge < -0.3 is 4.74 Å². The second kappa shape index (κ2) is 3.88. The number of hydrogen-bond acceptors (Lipinski definition) is 2. The fourth-order valence-electron chi connectivity index (χ4n) is 2.52. The van der Waals surface area contributed by atoms with Gasteiger partial charge in [0, 0.05) is 0 Å². The molecule has 0 heterocycles. The van der Waals surface area contributed by atoms with E-state index in [0.717, 1.165) is 6.42 Å². The average molecular weight is 226 g/mol. The number of benzene rings is 2. The van der Waals surface area contributed by atoms with Crippen molar-refractivity contribution in [3.63, 3.8) is 0 Å². The monoisotopic (exact) mass is 226 g/mol. The molecule has 1 fully saturated rings. The predicted molar refractivity (Wildman–Crippen MR) is 66.8 cm³/mol. The van der Waals surface area contributed by atoms with Crippen LogP contribution < -0.4 is 0 Å². The Balaban J connectivity index is 2.00. The molecule has 1 aliphatic rings. The van der Waals surface area contributed by atoms with Crippen LogP contribution in [0.4, 0.5) is 0 Å². The Hall–Kier alpha value is -1.83. The summed E-state index contributed by atoms with van der Waals surface area (Å²) in [6, 6.07) is 14.6. The molecule has 0 saturated heterocycles. The van der Waals surface area contributed by atoms with Gasteiger partial charge in [0.15, 0.2) is 0 Å². The number of carbonyl (C=O) groups is 1. The van der Waals surface area contributed by atoms with Gasteiger partial charge in [0.1, 0.15) is 0 Å². The molecule has 86 valence electrons. The fourth-order valence-corrected chi connectivity index (χ4v) is 2.52. The Morgan fingerprint density at radius 2 is 1.94 bits per heavy atom. The molecule has 2 atom stereocenters. The van der Waals surface area contributed by atoms with Crippen molar-refractivity contribution in [2.24, 2.45) is 5.92 Å². The molecule has 3 rings (SSSR count). The topological polar surface area (TPSA) is 26.3 Å². The molecule has 0 amide bonds. The van der Waals surface area contributed by atoms with Crippen molar-refractivity contribution in [3.8, 4) is 0 Å². The van der Waals surface area contributed by atoms with Gasteiger partial charge >= 0.3 is 5.97 Å². The lowest BCUT2D eigenvalue weighted by atomic mass is 10.0. The first kappa shape index (κ1) is 10.3. The van der Waals surface area contributed by atoms with Crippen molar-refractivity contribution in [3.05, 3.63) is 48.0 Å². The normalized spacial score (nSPS) is 22.4. The van der Waals surface area contributed by atoms with Crippen LogP contribution in [0.25, 0.3) is 10.8 Å². The number of rotatable bonds is 2. The Morgan fingerprint density at radius 3 is 2.76 bits per heavy atom. The van der Waals surface area contributed by atoms with E-state index in [-0.39, 0.29) is 11.9 Å². The highest BCUT2D eigenvalue weighted by molar-refractivity contribution is 5.88. The van der Waals surface area contributed by atoms with E-state index in [1.54, 1.807) is 0 Å². The molecule has 17 heavy (non-hydrogen) atoms. The largest absolute Gasteiger partial charge is 0.469 e. The first-order chi connectivity index (χ1) is 8.31. The summed E-state index contributed by atoms with van der Waals surface area (Å²) < 4.78 is 4.80. The molecule has 0 aliphatic heterocycles. The van der Waals surface area contributed by atoms with Crippen LogP contribution in [0.2, 0.25) is 0 Å². The van der Waals surface area contributed by atoms with Crippen LogP contribution in [0.3, 0.4) is 0 Å². The van der Waals surface area contributed by atoms with Crippen LogP contribution in [0.15, 0.2) is 42.5 Å². The molecule has 1 saturated carbocycles. The second-order valence-electron chi connectivity index (χ2n) is 4.54. The maximum Gasteiger partial charge on any atom is 0.309 e. The summed E-state index contributed by atoms with van der Waals surface area (Å²) in [6.07, 6.45) is 0.917. The van der Waals surface area contributed by atoms with Gasteiger partial charge in [0.05, 0.1) is 13.0 Å². The zero-order valence-electron chi connectivity index (χ0n) is 9.72. The van der Waals surface area contributed by atoms with Crippen LogP contribution in [0.1, 0.15) is 17.9 Å². The Kier molecular flexibility index (Phi) is 2.36. The first-order valence-electron chi connectivity index (χ1n) is 5.87. The maximum absolute atomic E-state index is 11.5. The maximum atomic E-state index is 11.5. The van der Waals surface area contributed by atoms with Gasteiger partial charge in [-0.25, -0.2) is 0 Å². The third-order valence-electron chi connectivity index (χ3n) is 3.52. The van der Waals surface area contributed by atoms with E-state index in [0.29, 0.717) is 5.92 Å². The second-order valence-corrected chi connectivity index (χ2v) is 4.54. The van der Waals surface area contributed by atoms with E-state index in [2.05, 4.69) is 30.3 Å². The number of hydrogen-bond donors (Lipinski definition) is 0. The van der Waals surface area contributed by atoms with E-state index in [9.17, 15) is 4.79 Å². The molecule has 2 nitrogen and oxygen atoms in total. The third-order valence-corrected chi connectivity index (χ3v) is 3.52. The fraction of sp³-hybridized carbons (Fsp3) is 0.267. The molecule has 0 radical (unpaired) electrons. The summed E-state index contributed by atoms with van der Waals surface area (Å²) in [6.45, 7) is 0. The lowest BCUT2D eigenvalue weighted by molar-refractivity contribution is -0.142. The smallest absolute Gasteiger partial charge is 0.309 e. The predicted octanol–water partition coefficient (Wildman–Crippen LogP) is 3.12. The zero-order valence-corrected chi connectivity index (χ0v) is 9.72. The SMILES string of the molecule is COC(=O)[C@H]1C[C@@H]1c1cccc2ccccc12. The van der Waals surface area contributed by atoms with Gasteiger partial charge in [-0.05, 0) is 28.7 Å². The highest BCUT2D eigenvalue weighted by atomic mass is 16.5. The van der Waals surface area contributed by atoms with Crippen LogP contribution in [0.5, 0.6) is 0 Å². The molecule has 0 aromatic heterocycles. The van der Waals surface area contributed by atoms with Crippen LogP contribution in [0, 0.1) is 5.92 Å². The lowest BCUT2D eigenvalue weighted by Crippen LogP contribution is -2.03. The van der Waals surface area contributed by atoms with E-state index in [4.69, 9.17) is 4.74 Å². The Labute approximate surface area is 100 Å². The quantitative estimate of drug-likeness (QED) is 0.735. The van der Waals surface area contributed by atoms with Crippen molar-refractivity contribution in [1.29, 1.82) is 0 Å². The van der Waals surface area contributed by atoms with Crippen molar-refractivity contribution in [1.82, 2.24) is 0 Å². The summed E-state index contributed by atoms with van der Waals surface area (Å²) in [7, 11) is 1.46. The number of methoxy groups -OCH3 is 1. The van der Waals surface area contributed by atoms with Crippen LogP contribution in [-0.4, -0.2) is 13.1 Å². The molecular weight excluding hydrogens is 212 g/mol. The number of esters is 1. The summed E-state index contributed by atoms with van der Waals surface area (Å²) in [5, 5.41) is 2.49. The molecule has 2 aromatic rings. The summed E-state index contributed by atoms with van der Waals surface area (Å²) in [5.41, 5.74) is 1.28. The molecule has 2 aromatic carbocycles. The molecule has 0 unspecified atom stereocenters. The van der Waals surface area contributed by atoms with E-state index in [1.165, 1.54) is 23.4 Å². The highest BCUT2D eigenvalue weighted by Gasteiger charge is 2.45. The molecule has 0 spiro atoms. The van der Waals surface area contributed by atoms with Crippen LogP contribution in [-0.2, 0) is 9.53 Å². The molecular formula is C15H14O2. The van der Waals surface area contributed by atoms with Crippen molar-refractivity contribution >= 4 is 16.7 Å². The Morgan fingerprint density at radius 1 is 1.18 bits per heavy atom. The first-order valence-corrected chi connectivity index (χ1v) is 5.87. The van der Waals surface area contributed by atoms with Crippen molar-refractivity contribution in [2.75, 3.05) is 7.11 Å². The van der Waals surface area contributed by atoms with Crippen molar-refractivity contribution < 1.29 is 9.53 Å². The number of ether oxygens (including phenoxy) is 1. The standard InChI is InChI=1S/C15H14O2/c1-17-15(16)14-9-13(14)12-8-4-6-10-5-2-3-7-11(10)12/h2-8,13-14H,9H2,1H3/t13-,14+/m1/s1. The number of carbonyl (C=O) groups excluding carboxylic acids is 1. The van der Waals surface area contributed by atoms with Gasteiger partial charge in [-0.1, -0.05) is 42.5 Å². The number of fused-ring (bicyclic) bond motifs is 1. The molecule has 0 bridgehead atoms. The summed E-state index contributed by atoms with van der Waals surface area (Å²) in [5.74, 6) is 0.322. The van der Waals surface area contributed by atoms with Gasteiger partial charge in [-0.15, -0.1) is 0 Å². The summed E-state index contributed by atoms with van der Waals surface area (Å²) in [4.78, 5) is 11.5. The third kappa shape index (κ3) is 1.70. The van der Waals surface area contributed by atoms with E-state index in [1.807, 2.05) is 12.1 Å². The van der Waals surface area contributed by atoms with Gasteiger partial charge in [-0.3, -0.25) is 4.79 Å². The molecule has 0 N–H and O–H groups in total. The minimum Gasteiger partial charge on any atom is -0.469 e. The van der Waals surface area contributed by atoms with Crippen molar-refractivity contribution in [2.45, 2.75) is 12.3 Å². The minimum atomic E-state index is -0.0806. The van der Waals surface area contributed by atoms with Crippen LogP contribution >= 0.6 is 0 Å².